The van der Waals surface area contributed by atoms with Crippen molar-refractivity contribution in [2.24, 2.45) is 0 Å². The highest BCUT2D eigenvalue weighted by Gasteiger charge is 2.43. The Hall–Kier alpha value is -2.80. The first kappa shape index (κ1) is 19.0. The molecule has 3 rings (SSSR count). The molecule has 2 aromatic rings. The van der Waals surface area contributed by atoms with E-state index in [0.717, 1.165) is 4.47 Å². The lowest BCUT2D eigenvalue weighted by atomic mass is 9.96. The lowest BCUT2D eigenvalue weighted by Gasteiger charge is -2.27. The van der Waals surface area contributed by atoms with E-state index in [-0.39, 0.29) is 11.4 Å². The van der Waals surface area contributed by atoms with Crippen molar-refractivity contribution >= 4 is 33.3 Å². The van der Waals surface area contributed by atoms with Crippen molar-refractivity contribution in [3.63, 3.8) is 0 Å². The third-order valence-electron chi connectivity index (χ3n) is 4.42. The Morgan fingerprint density at radius 1 is 1.07 bits per heavy atom. The van der Waals surface area contributed by atoms with Crippen LogP contribution < -0.4 is 14.4 Å². The molecule has 0 aliphatic carbocycles. The standard InChI is InChI=1S/C20H18BrNO5/c1-11(23)17-18(12-4-9-15(26-2)16(10-12)27-3)22(20(25)19(17)24)14-7-5-13(21)6-8-14/h4-10,18,24H,1-3H3/t18-/m1/s1. The Bertz CT molecular complexity index is 936. The Morgan fingerprint density at radius 2 is 1.70 bits per heavy atom. The van der Waals surface area contributed by atoms with Gasteiger partial charge in [-0.2, -0.15) is 0 Å². The molecule has 1 heterocycles. The molecule has 0 fully saturated rings. The highest BCUT2D eigenvalue weighted by Crippen LogP contribution is 2.43. The molecule has 0 bridgehead atoms. The minimum absolute atomic E-state index is 0.0511. The van der Waals surface area contributed by atoms with E-state index in [0.29, 0.717) is 22.7 Å². The van der Waals surface area contributed by atoms with Gasteiger partial charge in [-0.25, -0.2) is 0 Å². The molecule has 27 heavy (non-hydrogen) atoms. The van der Waals surface area contributed by atoms with E-state index < -0.39 is 17.7 Å². The lowest BCUT2D eigenvalue weighted by molar-refractivity contribution is -0.117. The van der Waals surface area contributed by atoms with Crippen LogP contribution >= 0.6 is 15.9 Å². The summed E-state index contributed by atoms with van der Waals surface area (Å²) in [6.45, 7) is 1.33. The van der Waals surface area contributed by atoms with Gasteiger partial charge < -0.3 is 14.6 Å². The minimum Gasteiger partial charge on any atom is -0.503 e. The van der Waals surface area contributed by atoms with Crippen LogP contribution in [-0.4, -0.2) is 31.0 Å². The number of aliphatic hydroxyl groups excluding tert-OH is 1. The van der Waals surface area contributed by atoms with E-state index in [1.165, 1.54) is 26.0 Å². The number of ether oxygens (including phenoxy) is 2. The molecule has 0 aromatic heterocycles. The summed E-state index contributed by atoms with van der Waals surface area (Å²) in [5.74, 6) is -0.543. The molecule has 0 spiro atoms. The Balaban J connectivity index is 2.18. The van der Waals surface area contributed by atoms with Gasteiger partial charge in [-0.05, 0) is 48.9 Å². The van der Waals surface area contributed by atoms with Crippen molar-refractivity contribution in [1.29, 1.82) is 0 Å². The number of anilines is 1. The molecule has 1 aliphatic heterocycles. The number of rotatable bonds is 5. The first-order valence-electron chi connectivity index (χ1n) is 8.14. The van der Waals surface area contributed by atoms with Crippen LogP contribution in [0.3, 0.4) is 0 Å². The van der Waals surface area contributed by atoms with Crippen LogP contribution in [0.2, 0.25) is 0 Å². The van der Waals surface area contributed by atoms with Gasteiger partial charge >= 0.3 is 0 Å². The number of halogens is 1. The van der Waals surface area contributed by atoms with Gasteiger partial charge in [-0.3, -0.25) is 14.5 Å². The first-order valence-corrected chi connectivity index (χ1v) is 8.93. The number of carbonyl (C=O) groups is 2. The Labute approximate surface area is 165 Å². The lowest BCUT2D eigenvalue weighted by Crippen LogP contribution is -2.30. The van der Waals surface area contributed by atoms with Crippen LogP contribution in [0.25, 0.3) is 0 Å². The topological polar surface area (TPSA) is 76.1 Å². The first-order chi connectivity index (χ1) is 12.9. The van der Waals surface area contributed by atoms with Gasteiger partial charge in [-0.15, -0.1) is 0 Å². The molecule has 1 aliphatic rings. The Kier molecular flexibility index (Phi) is 5.23. The van der Waals surface area contributed by atoms with Gasteiger partial charge in [0.2, 0.25) is 0 Å². The van der Waals surface area contributed by atoms with Crippen molar-refractivity contribution in [1.82, 2.24) is 0 Å². The normalized spacial score (nSPS) is 16.7. The number of hydrogen-bond donors (Lipinski definition) is 1. The van der Waals surface area contributed by atoms with Crippen LogP contribution in [-0.2, 0) is 9.59 Å². The van der Waals surface area contributed by atoms with Gasteiger partial charge in [0.05, 0.1) is 25.8 Å². The summed E-state index contributed by atoms with van der Waals surface area (Å²) in [5.41, 5.74) is 1.24. The highest BCUT2D eigenvalue weighted by molar-refractivity contribution is 9.10. The molecule has 140 valence electrons. The monoisotopic (exact) mass is 431 g/mol. The van der Waals surface area contributed by atoms with Gasteiger partial charge in [0.15, 0.2) is 23.0 Å². The van der Waals surface area contributed by atoms with E-state index in [4.69, 9.17) is 9.47 Å². The predicted molar refractivity (Wildman–Crippen MR) is 104 cm³/mol. The SMILES string of the molecule is COc1ccc([C@@H]2C(C(C)=O)=C(O)C(=O)N2c2ccc(Br)cc2)cc1OC. The van der Waals surface area contributed by atoms with E-state index >= 15 is 0 Å². The minimum atomic E-state index is -0.768. The fourth-order valence-electron chi connectivity index (χ4n) is 3.17. The molecule has 0 radical (unpaired) electrons. The zero-order valence-corrected chi connectivity index (χ0v) is 16.6. The second kappa shape index (κ2) is 7.44. The number of Topliss-reactive ketones (excluding diaryl/α,β-unsaturated/α-hetero) is 1. The van der Waals surface area contributed by atoms with E-state index in [2.05, 4.69) is 15.9 Å². The van der Waals surface area contributed by atoms with Crippen molar-refractivity contribution in [2.45, 2.75) is 13.0 Å². The summed E-state index contributed by atoms with van der Waals surface area (Å²) in [6.07, 6.45) is 0. The maximum absolute atomic E-state index is 12.8. The molecule has 1 N–H and O–H groups in total. The second-order valence-corrected chi connectivity index (χ2v) is 6.90. The summed E-state index contributed by atoms with van der Waals surface area (Å²) in [6, 6.07) is 11.4. The van der Waals surface area contributed by atoms with Crippen molar-refractivity contribution < 1.29 is 24.2 Å². The molecule has 0 saturated carbocycles. The van der Waals surface area contributed by atoms with E-state index in [1.807, 2.05) is 0 Å². The largest absolute Gasteiger partial charge is 0.503 e. The van der Waals surface area contributed by atoms with Crippen LogP contribution in [0.4, 0.5) is 5.69 Å². The van der Waals surface area contributed by atoms with Crippen LogP contribution in [0, 0.1) is 0 Å². The second-order valence-electron chi connectivity index (χ2n) is 5.99. The molecule has 0 unspecified atom stereocenters. The molecule has 1 atom stereocenters. The fraction of sp³-hybridized carbons (Fsp3) is 0.200. The smallest absolute Gasteiger partial charge is 0.294 e. The molecule has 2 aromatic carbocycles. The highest BCUT2D eigenvalue weighted by atomic mass is 79.9. The third kappa shape index (κ3) is 3.30. The van der Waals surface area contributed by atoms with Crippen molar-refractivity contribution in [3.8, 4) is 11.5 Å². The maximum atomic E-state index is 12.8. The number of carbonyl (C=O) groups excluding carboxylic acids is 2. The van der Waals surface area contributed by atoms with E-state index in [1.54, 1.807) is 42.5 Å². The number of ketones is 1. The Morgan fingerprint density at radius 3 is 2.26 bits per heavy atom. The molecule has 7 heteroatoms. The zero-order valence-electron chi connectivity index (χ0n) is 15.0. The third-order valence-corrected chi connectivity index (χ3v) is 4.94. The molecule has 0 saturated heterocycles. The number of hydrogen-bond acceptors (Lipinski definition) is 5. The number of aliphatic hydroxyl groups is 1. The van der Waals surface area contributed by atoms with Crippen LogP contribution in [0.15, 0.2) is 58.3 Å². The van der Waals surface area contributed by atoms with E-state index in [9.17, 15) is 14.7 Å². The number of methoxy groups -OCH3 is 2. The van der Waals surface area contributed by atoms with Crippen LogP contribution in [0.5, 0.6) is 11.5 Å². The van der Waals surface area contributed by atoms with Crippen molar-refractivity contribution in [2.75, 3.05) is 19.1 Å². The quantitative estimate of drug-likeness (QED) is 0.775. The number of benzene rings is 2. The fourth-order valence-corrected chi connectivity index (χ4v) is 3.44. The van der Waals surface area contributed by atoms with Gasteiger partial charge in [0.1, 0.15) is 0 Å². The molecule has 1 amide bonds. The average molecular weight is 432 g/mol. The van der Waals surface area contributed by atoms with Gasteiger partial charge in [-0.1, -0.05) is 22.0 Å². The summed E-state index contributed by atoms with van der Waals surface area (Å²) in [4.78, 5) is 26.4. The summed E-state index contributed by atoms with van der Waals surface area (Å²) in [5, 5.41) is 10.4. The molecule has 6 nitrogen and oxygen atoms in total. The number of nitrogens with zero attached hydrogens (tertiary/aromatic N) is 1. The molecular formula is C20H18BrNO5. The van der Waals surface area contributed by atoms with Crippen molar-refractivity contribution in [3.05, 3.63) is 63.8 Å². The molecular weight excluding hydrogens is 414 g/mol. The predicted octanol–water partition coefficient (Wildman–Crippen LogP) is 3.96. The summed E-state index contributed by atoms with van der Waals surface area (Å²) < 4.78 is 11.5. The summed E-state index contributed by atoms with van der Waals surface area (Å²) in [7, 11) is 3.03. The van der Waals surface area contributed by atoms with Gasteiger partial charge in [0.25, 0.3) is 5.91 Å². The van der Waals surface area contributed by atoms with Gasteiger partial charge in [0, 0.05) is 10.2 Å². The van der Waals surface area contributed by atoms with Crippen LogP contribution in [0.1, 0.15) is 18.5 Å². The number of amides is 1. The maximum Gasteiger partial charge on any atom is 0.294 e. The zero-order chi connectivity index (χ0) is 19.7. The average Bonchev–Trinajstić information content (AvgIpc) is 2.93. The summed E-state index contributed by atoms with van der Waals surface area (Å²) >= 11 is 3.36.